The molecule has 0 amide bonds. The number of hydrogen-bond donors (Lipinski definition) is 0. The number of benzene rings is 1. The van der Waals surface area contributed by atoms with Crippen molar-refractivity contribution >= 4 is 11.6 Å². The van der Waals surface area contributed by atoms with E-state index in [9.17, 15) is 0 Å². The fourth-order valence-corrected chi connectivity index (χ4v) is 1.98. The molecule has 1 rings (SSSR count). The zero-order valence-electron chi connectivity index (χ0n) is 10.8. The smallest absolute Gasteiger partial charge is 0.123 e. The van der Waals surface area contributed by atoms with E-state index in [-0.39, 0.29) is 0 Å². The third kappa shape index (κ3) is 3.41. The summed E-state index contributed by atoms with van der Waals surface area (Å²) in [6.45, 7) is 6.85. The van der Waals surface area contributed by atoms with Crippen LogP contribution in [0, 0.1) is 26.2 Å². The van der Waals surface area contributed by atoms with Crippen LogP contribution in [0.1, 0.15) is 36.5 Å². The molecule has 2 heteroatoms. The molecule has 1 aromatic carbocycles. The van der Waals surface area contributed by atoms with Crippen molar-refractivity contribution in [3.05, 3.63) is 27.8 Å². The van der Waals surface area contributed by atoms with E-state index in [4.69, 9.17) is 22.8 Å². The summed E-state index contributed by atoms with van der Waals surface area (Å²) in [6.07, 6.45) is 7.85. The van der Waals surface area contributed by atoms with E-state index in [0.717, 1.165) is 46.9 Å². The molecule has 0 atom stereocenters. The maximum atomic E-state index is 6.26. The Labute approximate surface area is 109 Å². The van der Waals surface area contributed by atoms with E-state index in [1.165, 1.54) is 0 Å². The van der Waals surface area contributed by atoms with E-state index in [0.29, 0.717) is 6.42 Å². The summed E-state index contributed by atoms with van der Waals surface area (Å²) in [4.78, 5) is 0. The normalized spacial score (nSPS) is 10.1. The van der Waals surface area contributed by atoms with Gasteiger partial charge in [-0.15, -0.1) is 12.3 Å². The van der Waals surface area contributed by atoms with Crippen LogP contribution in [-0.2, 0) is 6.42 Å². The highest BCUT2D eigenvalue weighted by molar-refractivity contribution is 6.32. The minimum absolute atomic E-state index is 0.711. The Morgan fingerprint density at radius 3 is 2.71 bits per heavy atom. The van der Waals surface area contributed by atoms with Crippen molar-refractivity contribution in [2.24, 2.45) is 0 Å². The molecule has 0 aliphatic rings. The van der Waals surface area contributed by atoms with Gasteiger partial charge in [0.15, 0.2) is 0 Å². The molecular formula is C15H19ClO. The maximum absolute atomic E-state index is 6.26. The predicted molar refractivity (Wildman–Crippen MR) is 73.9 cm³/mol. The first kappa shape index (κ1) is 13.9. The van der Waals surface area contributed by atoms with Crippen LogP contribution in [0.3, 0.4) is 0 Å². The average molecular weight is 251 g/mol. The summed E-state index contributed by atoms with van der Waals surface area (Å²) < 4.78 is 5.77. The van der Waals surface area contributed by atoms with E-state index in [2.05, 4.69) is 12.8 Å². The minimum atomic E-state index is 0.711. The number of rotatable bonds is 5. The first-order valence-corrected chi connectivity index (χ1v) is 6.34. The summed E-state index contributed by atoms with van der Waals surface area (Å²) in [5.74, 6) is 3.59. The molecule has 0 N–H and O–H groups in total. The molecular weight excluding hydrogens is 232 g/mol. The summed E-state index contributed by atoms with van der Waals surface area (Å²) in [7, 11) is 0. The van der Waals surface area contributed by atoms with Gasteiger partial charge in [-0.1, -0.05) is 18.5 Å². The fraction of sp³-hybridized carbons (Fsp3) is 0.467. The van der Waals surface area contributed by atoms with Gasteiger partial charge in [0.2, 0.25) is 0 Å². The van der Waals surface area contributed by atoms with Gasteiger partial charge in [0, 0.05) is 11.4 Å². The predicted octanol–water partition coefficient (Wildman–Crippen LogP) is 4.31. The van der Waals surface area contributed by atoms with Crippen molar-refractivity contribution in [1.29, 1.82) is 0 Å². The van der Waals surface area contributed by atoms with E-state index < -0.39 is 0 Å². The lowest BCUT2D eigenvalue weighted by Gasteiger charge is -2.16. The molecule has 0 aliphatic heterocycles. The molecule has 0 aliphatic carbocycles. The van der Waals surface area contributed by atoms with Crippen LogP contribution in [0.4, 0.5) is 0 Å². The van der Waals surface area contributed by atoms with Gasteiger partial charge in [0.05, 0.1) is 6.61 Å². The molecule has 0 saturated carbocycles. The molecule has 0 radical (unpaired) electrons. The van der Waals surface area contributed by atoms with Crippen LogP contribution in [0.15, 0.2) is 6.07 Å². The zero-order chi connectivity index (χ0) is 12.8. The molecule has 0 bridgehead atoms. The third-order valence-electron chi connectivity index (χ3n) is 2.75. The molecule has 92 valence electrons. The number of halogens is 1. The van der Waals surface area contributed by atoms with Crippen molar-refractivity contribution in [3.63, 3.8) is 0 Å². The van der Waals surface area contributed by atoms with Gasteiger partial charge in [0.25, 0.3) is 0 Å². The van der Waals surface area contributed by atoms with Gasteiger partial charge in [-0.05, 0) is 49.4 Å². The molecule has 0 spiro atoms. The topological polar surface area (TPSA) is 9.23 Å². The minimum Gasteiger partial charge on any atom is -0.493 e. The Morgan fingerprint density at radius 2 is 2.12 bits per heavy atom. The van der Waals surface area contributed by atoms with Gasteiger partial charge < -0.3 is 4.74 Å². The van der Waals surface area contributed by atoms with E-state index in [1.807, 2.05) is 19.9 Å². The number of aryl methyl sites for hydroxylation is 1. The molecule has 1 aromatic rings. The van der Waals surface area contributed by atoms with E-state index in [1.54, 1.807) is 0 Å². The second-order valence-corrected chi connectivity index (χ2v) is 4.54. The highest BCUT2D eigenvalue weighted by Crippen LogP contribution is 2.32. The van der Waals surface area contributed by atoms with Crippen LogP contribution in [0.5, 0.6) is 5.75 Å². The SMILES string of the molecule is C#CCCc1c(OCCC)cc(C)c(Cl)c1C. The van der Waals surface area contributed by atoms with Crippen LogP contribution >= 0.6 is 11.6 Å². The Balaban J connectivity index is 3.11. The quantitative estimate of drug-likeness (QED) is 0.708. The van der Waals surface area contributed by atoms with Crippen molar-refractivity contribution in [2.45, 2.75) is 40.0 Å². The first-order valence-electron chi connectivity index (χ1n) is 5.96. The van der Waals surface area contributed by atoms with Crippen molar-refractivity contribution < 1.29 is 4.74 Å². The van der Waals surface area contributed by atoms with Gasteiger partial charge in [-0.2, -0.15) is 0 Å². The number of ether oxygens (including phenoxy) is 1. The molecule has 0 unspecified atom stereocenters. The van der Waals surface area contributed by atoms with Gasteiger partial charge in [0.1, 0.15) is 5.75 Å². The first-order chi connectivity index (χ1) is 8.11. The maximum Gasteiger partial charge on any atom is 0.123 e. The van der Waals surface area contributed by atoms with Crippen molar-refractivity contribution in [2.75, 3.05) is 6.61 Å². The summed E-state index contributed by atoms with van der Waals surface area (Å²) in [6, 6.07) is 2.01. The molecule has 0 heterocycles. The van der Waals surface area contributed by atoms with Crippen molar-refractivity contribution in [1.82, 2.24) is 0 Å². The van der Waals surface area contributed by atoms with Crippen LogP contribution in [0.2, 0.25) is 5.02 Å². The van der Waals surface area contributed by atoms with Gasteiger partial charge in [-0.3, -0.25) is 0 Å². The molecule has 0 fully saturated rings. The second-order valence-electron chi connectivity index (χ2n) is 4.16. The van der Waals surface area contributed by atoms with Crippen LogP contribution < -0.4 is 4.74 Å². The Bertz CT molecular complexity index is 430. The highest BCUT2D eigenvalue weighted by atomic mass is 35.5. The summed E-state index contributed by atoms with van der Waals surface area (Å²) in [5, 5.41) is 0.820. The highest BCUT2D eigenvalue weighted by Gasteiger charge is 2.12. The Hall–Kier alpha value is -1.13. The monoisotopic (exact) mass is 250 g/mol. The largest absolute Gasteiger partial charge is 0.493 e. The lowest BCUT2D eigenvalue weighted by Crippen LogP contribution is -2.02. The lowest BCUT2D eigenvalue weighted by atomic mass is 10.00. The average Bonchev–Trinajstić information content (AvgIpc) is 2.32. The van der Waals surface area contributed by atoms with Gasteiger partial charge in [-0.25, -0.2) is 0 Å². The summed E-state index contributed by atoms with van der Waals surface area (Å²) in [5.41, 5.74) is 3.29. The Morgan fingerprint density at radius 1 is 1.41 bits per heavy atom. The fourth-order valence-electron chi connectivity index (χ4n) is 1.81. The second kappa shape index (κ2) is 6.57. The Kier molecular flexibility index (Phi) is 5.38. The van der Waals surface area contributed by atoms with Gasteiger partial charge >= 0.3 is 0 Å². The van der Waals surface area contributed by atoms with E-state index >= 15 is 0 Å². The standard InChI is InChI=1S/C15H19ClO/c1-5-7-8-13-12(4)15(16)11(3)10-14(13)17-9-6-2/h1,10H,6-9H2,2-4H3. The number of hydrogen-bond acceptors (Lipinski definition) is 1. The molecule has 1 nitrogen and oxygen atoms in total. The lowest BCUT2D eigenvalue weighted by molar-refractivity contribution is 0.313. The molecule has 0 saturated heterocycles. The number of terminal acetylenes is 1. The third-order valence-corrected chi connectivity index (χ3v) is 3.34. The van der Waals surface area contributed by atoms with Crippen molar-refractivity contribution in [3.8, 4) is 18.1 Å². The molecule has 17 heavy (non-hydrogen) atoms. The van der Waals surface area contributed by atoms with Crippen LogP contribution in [-0.4, -0.2) is 6.61 Å². The zero-order valence-corrected chi connectivity index (χ0v) is 11.5. The van der Waals surface area contributed by atoms with Crippen LogP contribution in [0.25, 0.3) is 0 Å². The summed E-state index contributed by atoms with van der Waals surface area (Å²) >= 11 is 6.26. The molecule has 0 aromatic heterocycles.